The van der Waals surface area contributed by atoms with Crippen LogP contribution in [0.4, 0.5) is 0 Å². The third kappa shape index (κ3) is 5.61. The molecule has 24 heavy (non-hydrogen) atoms. The Morgan fingerprint density at radius 3 is 2.04 bits per heavy atom. The Morgan fingerprint density at radius 1 is 0.875 bits per heavy atom. The third-order valence-corrected chi connectivity index (χ3v) is 3.58. The normalized spacial score (nSPS) is 10.2. The van der Waals surface area contributed by atoms with Gasteiger partial charge in [-0.05, 0) is 54.8 Å². The Morgan fingerprint density at radius 2 is 1.46 bits per heavy atom. The van der Waals surface area contributed by atoms with E-state index in [0.717, 1.165) is 24.3 Å². The SMILES string of the molecule is CCCOc1ccc(C(=O)NCCOc2ccc(CC)cc2)cc1. The maximum atomic E-state index is 12.1. The van der Waals surface area contributed by atoms with E-state index in [-0.39, 0.29) is 5.91 Å². The van der Waals surface area contributed by atoms with Crippen molar-refractivity contribution >= 4 is 5.91 Å². The molecule has 0 saturated carbocycles. The van der Waals surface area contributed by atoms with Gasteiger partial charge in [-0.25, -0.2) is 0 Å². The van der Waals surface area contributed by atoms with E-state index < -0.39 is 0 Å². The maximum Gasteiger partial charge on any atom is 0.251 e. The van der Waals surface area contributed by atoms with Crippen LogP contribution in [0.1, 0.15) is 36.2 Å². The van der Waals surface area contributed by atoms with Gasteiger partial charge in [0.1, 0.15) is 18.1 Å². The smallest absolute Gasteiger partial charge is 0.251 e. The van der Waals surface area contributed by atoms with Crippen molar-refractivity contribution in [3.05, 3.63) is 59.7 Å². The number of carbonyl (C=O) groups excluding carboxylic acids is 1. The Bertz CT molecular complexity index is 620. The van der Waals surface area contributed by atoms with Gasteiger partial charge in [-0.1, -0.05) is 26.0 Å². The minimum atomic E-state index is -0.109. The number of hydrogen-bond donors (Lipinski definition) is 1. The van der Waals surface area contributed by atoms with E-state index in [0.29, 0.717) is 25.3 Å². The number of carbonyl (C=O) groups is 1. The van der Waals surface area contributed by atoms with Gasteiger partial charge in [-0.3, -0.25) is 4.79 Å². The molecule has 0 aromatic heterocycles. The van der Waals surface area contributed by atoms with Gasteiger partial charge in [0.25, 0.3) is 5.91 Å². The molecule has 0 unspecified atom stereocenters. The molecule has 0 saturated heterocycles. The van der Waals surface area contributed by atoms with Crippen molar-refractivity contribution in [3.8, 4) is 11.5 Å². The van der Waals surface area contributed by atoms with Gasteiger partial charge >= 0.3 is 0 Å². The fraction of sp³-hybridized carbons (Fsp3) is 0.350. The summed E-state index contributed by atoms with van der Waals surface area (Å²) in [6, 6.07) is 15.2. The molecule has 4 heteroatoms. The van der Waals surface area contributed by atoms with E-state index >= 15 is 0 Å². The molecule has 0 heterocycles. The summed E-state index contributed by atoms with van der Waals surface area (Å²) in [7, 11) is 0. The lowest BCUT2D eigenvalue weighted by Gasteiger charge is -2.09. The molecule has 4 nitrogen and oxygen atoms in total. The van der Waals surface area contributed by atoms with Gasteiger partial charge in [-0.15, -0.1) is 0 Å². The summed E-state index contributed by atoms with van der Waals surface area (Å²) in [6.07, 6.45) is 1.97. The quantitative estimate of drug-likeness (QED) is 0.712. The molecule has 2 aromatic rings. The first-order valence-corrected chi connectivity index (χ1v) is 8.45. The highest BCUT2D eigenvalue weighted by Gasteiger charge is 2.05. The van der Waals surface area contributed by atoms with Crippen LogP contribution in [0, 0.1) is 0 Å². The van der Waals surface area contributed by atoms with E-state index in [1.807, 2.05) is 24.3 Å². The van der Waals surface area contributed by atoms with E-state index in [9.17, 15) is 4.79 Å². The van der Waals surface area contributed by atoms with Crippen molar-refractivity contribution in [3.63, 3.8) is 0 Å². The topological polar surface area (TPSA) is 47.6 Å². The zero-order valence-electron chi connectivity index (χ0n) is 14.4. The second kappa shape index (κ2) is 9.60. The predicted octanol–water partition coefficient (Wildman–Crippen LogP) is 3.85. The summed E-state index contributed by atoms with van der Waals surface area (Å²) in [4.78, 5) is 12.1. The van der Waals surface area contributed by atoms with Gasteiger partial charge in [0, 0.05) is 5.56 Å². The highest BCUT2D eigenvalue weighted by molar-refractivity contribution is 5.94. The lowest BCUT2D eigenvalue weighted by atomic mass is 10.2. The molecular weight excluding hydrogens is 302 g/mol. The molecule has 0 fully saturated rings. The van der Waals surface area contributed by atoms with Crippen LogP contribution in [-0.2, 0) is 6.42 Å². The lowest BCUT2D eigenvalue weighted by Crippen LogP contribution is -2.28. The first kappa shape index (κ1) is 17.9. The van der Waals surface area contributed by atoms with E-state index in [2.05, 4.69) is 31.3 Å². The minimum Gasteiger partial charge on any atom is -0.494 e. The Labute approximate surface area is 143 Å². The third-order valence-electron chi connectivity index (χ3n) is 3.58. The average molecular weight is 327 g/mol. The first-order valence-electron chi connectivity index (χ1n) is 8.45. The van der Waals surface area contributed by atoms with Gasteiger partial charge in [-0.2, -0.15) is 0 Å². The fourth-order valence-electron chi connectivity index (χ4n) is 2.18. The van der Waals surface area contributed by atoms with Crippen molar-refractivity contribution in [2.75, 3.05) is 19.8 Å². The predicted molar refractivity (Wildman–Crippen MR) is 95.9 cm³/mol. The highest BCUT2D eigenvalue weighted by Crippen LogP contribution is 2.13. The molecule has 0 atom stereocenters. The zero-order chi connectivity index (χ0) is 17.2. The van der Waals surface area contributed by atoms with Crippen LogP contribution in [0.2, 0.25) is 0 Å². The van der Waals surface area contributed by atoms with Crippen LogP contribution in [0.3, 0.4) is 0 Å². The Hall–Kier alpha value is -2.49. The average Bonchev–Trinajstić information content (AvgIpc) is 2.64. The summed E-state index contributed by atoms with van der Waals surface area (Å²) in [5.41, 5.74) is 1.90. The van der Waals surface area contributed by atoms with Gasteiger partial charge in [0.2, 0.25) is 0 Å². The molecule has 0 aliphatic rings. The Balaban J connectivity index is 1.72. The molecule has 2 rings (SSSR count). The summed E-state index contributed by atoms with van der Waals surface area (Å²) < 4.78 is 11.1. The standard InChI is InChI=1S/C20H25NO3/c1-3-14-23-19-11-7-17(8-12-19)20(22)21-13-15-24-18-9-5-16(4-2)6-10-18/h5-12H,3-4,13-15H2,1-2H3,(H,21,22). The molecule has 0 spiro atoms. The molecular formula is C20H25NO3. The molecule has 1 N–H and O–H groups in total. The molecule has 0 radical (unpaired) electrons. The Kier molecular flexibility index (Phi) is 7.15. The monoisotopic (exact) mass is 327 g/mol. The highest BCUT2D eigenvalue weighted by atomic mass is 16.5. The van der Waals surface area contributed by atoms with Crippen molar-refractivity contribution in [2.45, 2.75) is 26.7 Å². The van der Waals surface area contributed by atoms with Crippen molar-refractivity contribution in [1.29, 1.82) is 0 Å². The number of nitrogens with one attached hydrogen (secondary N) is 1. The molecule has 0 aliphatic heterocycles. The first-order chi connectivity index (χ1) is 11.7. The van der Waals surface area contributed by atoms with Crippen molar-refractivity contribution < 1.29 is 14.3 Å². The van der Waals surface area contributed by atoms with Crippen molar-refractivity contribution in [1.82, 2.24) is 5.32 Å². The van der Waals surface area contributed by atoms with Crippen LogP contribution < -0.4 is 14.8 Å². The number of aryl methyl sites for hydroxylation is 1. The maximum absolute atomic E-state index is 12.1. The summed E-state index contributed by atoms with van der Waals surface area (Å²) in [5.74, 6) is 1.49. The molecule has 0 aliphatic carbocycles. The minimum absolute atomic E-state index is 0.109. The largest absolute Gasteiger partial charge is 0.494 e. The van der Waals surface area contributed by atoms with Gasteiger partial charge < -0.3 is 14.8 Å². The fourth-order valence-corrected chi connectivity index (χ4v) is 2.18. The molecule has 2 aromatic carbocycles. The van der Waals surface area contributed by atoms with Gasteiger partial charge in [0.15, 0.2) is 0 Å². The van der Waals surface area contributed by atoms with E-state index in [1.165, 1.54) is 5.56 Å². The van der Waals surface area contributed by atoms with Crippen LogP contribution >= 0.6 is 0 Å². The van der Waals surface area contributed by atoms with Crippen LogP contribution in [-0.4, -0.2) is 25.7 Å². The van der Waals surface area contributed by atoms with Crippen LogP contribution in [0.5, 0.6) is 11.5 Å². The van der Waals surface area contributed by atoms with Crippen LogP contribution in [0.25, 0.3) is 0 Å². The zero-order valence-corrected chi connectivity index (χ0v) is 14.4. The summed E-state index contributed by atoms with van der Waals surface area (Å²) in [5, 5.41) is 2.85. The summed E-state index contributed by atoms with van der Waals surface area (Å²) >= 11 is 0. The number of amides is 1. The molecule has 0 bridgehead atoms. The second-order valence-electron chi connectivity index (χ2n) is 5.47. The summed E-state index contributed by atoms with van der Waals surface area (Å²) in [6.45, 7) is 5.76. The number of hydrogen-bond acceptors (Lipinski definition) is 3. The molecule has 128 valence electrons. The van der Waals surface area contributed by atoms with E-state index in [1.54, 1.807) is 12.1 Å². The second-order valence-corrected chi connectivity index (χ2v) is 5.47. The number of benzene rings is 2. The lowest BCUT2D eigenvalue weighted by molar-refractivity contribution is 0.0947. The molecule has 1 amide bonds. The van der Waals surface area contributed by atoms with Crippen LogP contribution in [0.15, 0.2) is 48.5 Å². The number of ether oxygens (including phenoxy) is 2. The van der Waals surface area contributed by atoms with E-state index in [4.69, 9.17) is 9.47 Å². The van der Waals surface area contributed by atoms with Crippen molar-refractivity contribution in [2.24, 2.45) is 0 Å². The number of rotatable bonds is 9. The van der Waals surface area contributed by atoms with Gasteiger partial charge in [0.05, 0.1) is 13.2 Å².